The Hall–Kier alpha value is -1.28. The van der Waals surface area contributed by atoms with Crippen molar-refractivity contribution in [3.8, 4) is 0 Å². The SMILES string of the molecule is Cc1ccc(C(C)CCS)cc1Cc1cccc(F)c1. The van der Waals surface area contributed by atoms with E-state index >= 15 is 0 Å². The minimum Gasteiger partial charge on any atom is -0.207 e. The van der Waals surface area contributed by atoms with Gasteiger partial charge in [0, 0.05) is 0 Å². The molecule has 0 amide bonds. The second kappa shape index (κ2) is 6.94. The lowest BCUT2D eigenvalue weighted by molar-refractivity contribution is 0.626. The molecule has 0 spiro atoms. The molecule has 1 unspecified atom stereocenters. The molecule has 2 aromatic carbocycles. The van der Waals surface area contributed by atoms with Crippen molar-refractivity contribution in [2.75, 3.05) is 5.75 Å². The third kappa shape index (κ3) is 3.86. The van der Waals surface area contributed by atoms with Gasteiger partial charge in [-0.05, 0) is 65.8 Å². The first-order chi connectivity index (χ1) is 9.60. The van der Waals surface area contributed by atoms with Crippen LogP contribution < -0.4 is 0 Å². The highest BCUT2D eigenvalue weighted by atomic mass is 32.1. The Bertz CT molecular complexity index is 577. The first-order valence-corrected chi connectivity index (χ1v) is 7.68. The molecule has 0 aromatic heterocycles. The molecule has 2 heteroatoms. The Morgan fingerprint density at radius 3 is 2.65 bits per heavy atom. The largest absolute Gasteiger partial charge is 0.207 e. The lowest BCUT2D eigenvalue weighted by Crippen LogP contribution is -1.99. The maximum absolute atomic E-state index is 13.3. The lowest BCUT2D eigenvalue weighted by Gasteiger charge is -2.14. The van der Waals surface area contributed by atoms with Crippen LogP contribution in [0, 0.1) is 12.7 Å². The summed E-state index contributed by atoms with van der Waals surface area (Å²) in [5.41, 5.74) is 4.90. The molecule has 0 heterocycles. The van der Waals surface area contributed by atoms with Gasteiger partial charge in [-0.1, -0.05) is 37.3 Å². The van der Waals surface area contributed by atoms with Gasteiger partial charge in [0.15, 0.2) is 0 Å². The van der Waals surface area contributed by atoms with Gasteiger partial charge >= 0.3 is 0 Å². The van der Waals surface area contributed by atoms with Gasteiger partial charge in [0.1, 0.15) is 5.82 Å². The molecule has 106 valence electrons. The summed E-state index contributed by atoms with van der Waals surface area (Å²) in [6.45, 7) is 4.34. The smallest absolute Gasteiger partial charge is 0.123 e. The zero-order valence-corrected chi connectivity index (χ0v) is 13.0. The summed E-state index contributed by atoms with van der Waals surface area (Å²) < 4.78 is 13.3. The van der Waals surface area contributed by atoms with E-state index in [2.05, 4.69) is 44.7 Å². The van der Waals surface area contributed by atoms with E-state index in [1.807, 2.05) is 6.07 Å². The van der Waals surface area contributed by atoms with E-state index in [-0.39, 0.29) is 5.82 Å². The molecule has 0 bridgehead atoms. The van der Waals surface area contributed by atoms with E-state index in [1.165, 1.54) is 22.8 Å². The Balaban J connectivity index is 2.24. The Morgan fingerprint density at radius 2 is 1.95 bits per heavy atom. The van der Waals surface area contributed by atoms with E-state index < -0.39 is 0 Å². The number of thiol groups is 1. The zero-order chi connectivity index (χ0) is 14.5. The molecule has 2 aromatic rings. The summed E-state index contributed by atoms with van der Waals surface area (Å²) in [5, 5.41) is 0. The van der Waals surface area contributed by atoms with E-state index in [1.54, 1.807) is 12.1 Å². The number of rotatable bonds is 5. The molecule has 0 nitrogen and oxygen atoms in total. The quantitative estimate of drug-likeness (QED) is 0.723. The van der Waals surface area contributed by atoms with Crippen LogP contribution in [0.25, 0.3) is 0 Å². The van der Waals surface area contributed by atoms with Gasteiger partial charge in [0.2, 0.25) is 0 Å². The van der Waals surface area contributed by atoms with Gasteiger partial charge in [0.05, 0.1) is 0 Å². The van der Waals surface area contributed by atoms with E-state index in [0.29, 0.717) is 5.92 Å². The van der Waals surface area contributed by atoms with Crippen molar-refractivity contribution >= 4 is 12.6 Å². The van der Waals surface area contributed by atoms with Crippen molar-refractivity contribution in [1.29, 1.82) is 0 Å². The van der Waals surface area contributed by atoms with Crippen LogP contribution in [0.4, 0.5) is 4.39 Å². The van der Waals surface area contributed by atoms with Crippen molar-refractivity contribution in [3.05, 3.63) is 70.5 Å². The molecule has 0 radical (unpaired) electrons. The van der Waals surface area contributed by atoms with Gasteiger partial charge in [-0.15, -0.1) is 0 Å². The van der Waals surface area contributed by atoms with Crippen molar-refractivity contribution in [2.45, 2.75) is 32.6 Å². The molecule has 0 N–H and O–H groups in total. The van der Waals surface area contributed by atoms with Crippen LogP contribution in [0.2, 0.25) is 0 Å². The van der Waals surface area contributed by atoms with E-state index in [4.69, 9.17) is 0 Å². The molecule has 0 saturated carbocycles. The molecule has 0 aliphatic heterocycles. The van der Waals surface area contributed by atoms with Crippen LogP contribution in [0.1, 0.15) is 41.5 Å². The number of benzene rings is 2. The second-order valence-electron chi connectivity index (χ2n) is 5.41. The third-order valence-corrected chi connectivity index (χ3v) is 4.05. The fourth-order valence-electron chi connectivity index (χ4n) is 2.42. The summed E-state index contributed by atoms with van der Waals surface area (Å²) in [5.74, 6) is 1.24. The zero-order valence-electron chi connectivity index (χ0n) is 12.1. The summed E-state index contributed by atoms with van der Waals surface area (Å²) in [7, 11) is 0. The third-order valence-electron chi connectivity index (χ3n) is 3.79. The molecule has 0 saturated heterocycles. The molecule has 0 aliphatic rings. The van der Waals surface area contributed by atoms with Crippen molar-refractivity contribution in [1.82, 2.24) is 0 Å². The first-order valence-electron chi connectivity index (χ1n) is 7.05. The number of hydrogen-bond donors (Lipinski definition) is 1. The summed E-state index contributed by atoms with van der Waals surface area (Å²) in [6, 6.07) is 13.5. The normalized spacial score (nSPS) is 12.4. The predicted octanol–water partition coefficient (Wildman–Crippen LogP) is 5.15. The summed E-state index contributed by atoms with van der Waals surface area (Å²) >= 11 is 4.31. The van der Waals surface area contributed by atoms with Crippen molar-refractivity contribution < 1.29 is 4.39 Å². The van der Waals surface area contributed by atoms with E-state index in [9.17, 15) is 4.39 Å². The van der Waals surface area contributed by atoms with Gasteiger partial charge in [0.25, 0.3) is 0 Å². The Kier molecular flexibility index (Phi) is 5.24. The predicted molar refractivity (Wildman–Crippen MR) is 87.3 cm³/mol. The molecule has 1 atom stereocenters. The van der Waals surface area contributed by atoms with Crippen molar-refractivity contribution in [2.24, 2.45) is 0 Å². The van der Waals surface area contributed by atoms with Gasteiger partial charge in [-0.2, -0.15) is 12.6 Å². The van der Waals surface area contributed by atoms with Crippen molar-refractivity contribution in [3.63, 3.8) is 0 Å². The highest BCUT2D eigenvalue weighted by molar-refractivity contribution is 7.80. The van der Waals surface area contributed by atoms with Gasteiger partial charge in [-0.3, -0.25) is 0 Å². The monoisotopic (exact) mass is 288 g/mol. The average Bonchev–Trinajstić information content (AvgIpc) is 2.41. The summed E-state index contributed by atoms with van der Waals surface area (Å²) in [4.78, 5) is 0. The minimum absolute atomic E-state index is 0.167. The molecule has 0 aliphatic carbocycles. The van der Waals surface area contributed by atoms with Crippen LogP contribution >= 0.6 is 12.6 Å². The Labute approximate surface area is 126 Å². The van der Waals surface area contributed by atoms with Crippen LogP contribution in [0.15, 0.2) is 42.5 Å². The molecule has 20 heavy (non-hydrogen) atoms. The maximum atomic E-state index is 13.3. The topological polar surface area (TPSA) is 0 Å². The van der Waals surface area contributed by atoms with Crippen LogP contribution in [0.5, 0.6) is 0 Å². The fourth-order valence-corrected chi connectivity index (χ4v) is 2.80. The summed E-state index contributed by atoms with van der Waals surface area (Å²) in [6.07, 6.45) is 1.86. The average molecular weight is 288 g/mol. The highest BCUT2D eigenvalue weighted by Gasteiger charge is 2.08. The van der Waals surface area contributed by atoms with Gasteiger partial charge < -0.3 is 0 Å². The first kappa shape index (κ1) is 15.1. The minimum atomic E-state index is -0.167. The van der Waals surface area contributed by atoms with Crippen LogP contribution in [-0.2, 0) is 6.42 Å². The standard InChI is InChI=1S/C18H21FS/c1-13-6-7-16(14(2)8-9-20)12-17(13)10-15-4-3-5-18(19)11-15/h3-7,11-12,14,20H,8-10H2,1-2H3. The molecule has 2 rings (SSSR count). The Morgan fingerprint density at radius 1 is 1.15 bits per heavy atom. The van der Waals surface area contributed by atoms with Gasteiger partial charge in [-0.25, -0.2) is 4.39 Å². The van der Waals surface area contributed by atoms with Crippen LogP contribution in [0.3, 0.4) is 0 Å². The lowest BCUT2D eigenvalue weighted by atomic mass is 9.92. The molecular formula is C18H21FS. The second-order valence-corrected chi connectivity index (χ2v) is 5.85. The number of hydrogen-bond acceptors (Lipinski definition) is 1. The maximum Gasteiger partial charge on any atom is 0.123 e. The fraction of sp³-hybridized carbons (Fsp3) is 0.333. The number of aryl methyl sites for hydroxylation is 1. The van der Waals surface area contributed by atoms with Crippen LogP contribution in [-0.4, -0.2) is 5.75 Å². The van der Waals surface area contributed by atoms with E-state index in [0.717, 1.165) is 24.2 Å². The molecule has 0 fully saturated rings. The number of halogens is 1. The molecular weight excluding hydrogens is 267 g/mol. The highest BCUT2D eigenvalue weighted by Crippen LogP contribution is 2.24.